The summed E-state index contributed by atoms with van der Waals surface area (Å²) in [4.78, 5) is 16.1. The maximum atomic E-state index is 12.6. The summed E-state index contributed by atoms with van der Waals surface area (Å²) in [5.41, 5.74) is 8.13. The highest BCUT2D eigenvalue weighted by Gasteiger charge is 2.31. The van der Waals surface area contributed by atoms with Gasteiger partial charge in [-0.2, -0.15) is 13.2 Å². The van der Waals surface area contributed by atoms with E-state index >= 15 is 0 Å². The Morgan fingerprint density at radius 3 is 2.86 bits per heavy atom. The lowest BCUT2D eigenvalue weighted by Crippen LogP contribution is -2.27. The van der Waals surface area contributed by atoms with Gasteiger partial charge in [0.15, 0.2) is 0 Å². The standard InChI is InChI=1S/C14H15F3N4O/c15-14(16,17)12-3-1-2-10(6-12)4-5-21-9-11(7-13(21)22)8-19-20-18/h1-3,6,11H,4-5,7-9H2. The van der Waals surface area contributed by atoms with Gasteiger partial charge in [-0.15, -0.1) is 0 Å². The zero-order valence-electron chi connectivity index (χ0n) is 11.8. The number of alkyl halides is 3. The monoisotopic (exact) mass is 312 g/mol. The van der Waals surface area contributed by atoms with Gasteiger partial charge in [-0.1, -0.05) is 23.3 Å². The van der Waals surface area contributed by atoms with E-state index in [-0.39, 0.29) is 18.4 Å². The van der Waals surface area contributed by atoms with E-state index in [0.29, 0.717) is 31.5 Å². The molecule has 0 spiro atoms. The van der Waals surface area contributed by atoms with E-state index < -0.39 is 11.7 Å². The first-order valence-corrected chi connectivity index (χ1v) is 6.85. The SMILES string of the molecule is [N-]=[N+]=NCC1CC(=O)N(CCc2cccc(C(F)(F)F)c2)C1. The molecule has 0 radical (unpaired) electrons. The van der Waals surface area contributed by atoms with Crippen LogP contribution in [0.5, 0.6) is 0 Å². The van der Waals surface area contributed by atoms with Gasteiger partial charge in [0, 0.05) is 31.0 Å². The van der Waals surface area contributed by atoms with Gasteiger partial charge in [-0.25, -0.2) is 0 Å². The van der Waals surface area contributed by atoms with Crippen LogP contribution in [0.2, 0.25) is 0 Å². The van der Waals surface area contributed by atoms with Crippen molar-refractivity contribution in [3.05, 3.63) is 45.8 Å². The van der Waals surface area contributed by atoms with Crippen LogP contribution in [-0.2, 0) is 17.4 Å². The van der Waals surface area contributed by atoms with E-state index in [9.17, 15) is 18.0 Å². The average Bonchev–Trinajstić information content (AvgIpc) is 2.82. The maximum Gasteiger partial charge on any atom is 0.416 e. The van der Waals surface area contributed by atoms with Crippen molar-refractivity contribution in [2.24, 2.45) is 11.0 Å². The van der Waals surface area contributed by atoms with Gasteiger partial charge >= 0.3 is 6.18 Å². The van der Waals surface area contributed by atoms with E-state index in [1.807, 2.05) is 0 Å². The van der Waals surface area contributed by atoms with Gasteiger partial charge in [0.05, 0.1) is 5.56 Å². The Kier molecular flexibility index (Phi) is 4.92. The number of hydrogen-bond donors (Lipinski definition) is 0. The van der Waals surface area contributed by atoms with E-state index in [1.165, 1.54) is 6.07 Å². The molecular weight excluding hydrogens is 297 g/mol. The summed E-state index contributed by atoms with van der Waals surface area (Å²) in [6.07, 6.45) is -3.68. The quantitative estimate of drug-likeness (QED) is 0.466. The number of carbonyl (C=O) groups is 1. The molecule has 1 aliphatic rings. The fourth-order valence-corrected chi connectivity index (χ4v) is 2.51. The average molecular weight is 312 g/mol. The molecule has 1 aromatic carbocycles. The third-order valence-electron chi connectivity index (χ3n) is 3.62. The second kappa shape index (κ2) is 6.70. The van der Waals surface area contributed by atoms with Crippen LogP contribution in [0.15, 0.2) is 29.4 Å². The number of amides is 1. The molecule has 1 unspecified atom stereocenters. The second-order valence-electron chi connectivity index (χ2n) is 5.27. The van der Waals surface area contributed by atoms with Crippen LogP contribution in [-0.4, -0.2) is 30.4 Å². The highest BCUT2D eigenvalue weighted by Crippen LogP contribution is 2.29. The Morgan fingerprint density at radius 2 is 2.18 bits per heavy atom. The minimum atomic E-state index is -4.36. The molecule has 0 aliphatic carbocycles. The number of azide groups is 1. The number of likely N-dealkylation sites (tertiary alicyclic amines) is 1. The largest absolute Gasteiger partial charge is 0.416 e. The van der Waals surface area contributed by atoms with Crippen LogP contribution in [0.4, 0.5) is 13.2 Å². The first-order valence-electron chi connectivity index (χ1n) is 6.85. The fraction of sp³-hybridized carbons (Fsp3) is 0.500. The van der Waals surface area contributed by atoms with Gasteiger partial charge in [0.25, 0.3) is 0 Å². The molecule has 22 heavy (non-hydrogen) atoms. The van der Waals surface area contributed by atoms with E-state index in [4.69, 9.17) is 5.53 Å². The second-order valence-corrected chi connectivity index (χ2v) is 5.27. The lowest BCUT2D eigenvalue weighted by molar-refractivity contribution is -0.137. The molecule has 1 atom stereocenters. The number of halogens is 3. The van der Waals surface area contributed by atoms with Gasteiger partial charge in [-0.3, -0.25) is 4.79 Å². The topological polar surface area (TPSA) is 69.1 Å². The molecule has 1 heterocycles. The molecule has 1 saturated heterocycles. The van der Waals surface area contributed by atoms with Crippen molar-refractivity contribution < 1.29 is 18.0 Å². The van der Waals surface area contributed by atoms with Crippen molar-refractivity contribution in [1.82, 2.24) is 4.90 Å². The molecule has 1 aromatic rings. The molecule has 0 aromatic heterocycles. The number of rotatable bonds is 5. The van der Waals surface area contributed by atoms with Crippen LogP contribution >= 0.6 is 0 Å². The molecule has 0 saturated carbocycles. The summed E-state index contributed by atoms with van der Waals surface area (Å²) in [6.45, 7) is 1.12. The maximum absolute atomic E-state index is 12.6. The highest BCUT2D eigenvalue weighted by molar-refractivity contribution is 5.78. The van der Waals surface area contributed by atoms with Crippen LogP contribution in [0, 0.1) is 5.92 Å². The molecular formula is C14H15F3N4O. The van der Waals surface area contributed by atoms with E-state index in [0.717, 1.165) is 12.1 Å². The lowest BCUT2D eigenvalue weighted by atomic mass is 10.1. The normalized spacial score (nSPS) is 18.4. The molecule has 0 bridgehead atoms. The van der Waals surface area contributed by atoms with Crippen LogP contribution < -0.4 is 0 Å². The van der Waals surface area contributed by atoms with Gasteiger partial charge in [0.1, 0.15) is 0 Å². The Hall–Kier alpha value is -2.21. The van der Waals surface area contributed by atoms with Crippen molar-refractivity contribution in [2.75, 3.05) is 19.6 Å². The Balaban J connectivity index is 1.93. The molecule has 5 nitrogen and oxygen atoms in total. The third-order valence-corrected chi connectivity index (χ3v) is 3.62. The minimum Gasteiger partial charge on any atom is -0.342 e. The summed E-state index contributed by atoms with van der Waals surface area (Å²) in [5.74, 6) is -0.0602. The minimum absolute atomic E-state index is 0.00934. The van der Waals surface area contributed by atoms with Crippen LogP contribution in [0.3, 0.4) is 0 Å². The predicted octanol–water partition coefficient (Wildman–Crippen LogP) is 3.41. The third kappa shape index (κ3) is 4.14. The number of hydrogen-bond acceptors (Lipinski definition) is 2. The zero-order chi connectivity index (χ0) is 16.2. The van der Waals surface area contributed by atoms with Gasteiger partial charge in [0.2, 0.25) is 5.91 Å². The van der Waals surface area contributed by atoms with Crippen molar-refractivity contribution in [3.63, 3.8) is 0 Å². The van der Waals surface area contributed by atoms with Crippen LogP contribution in [0.25, 0.3) is 10.4 Å². The summed E-state index contributed by atoms with van der Waals surface area (Å²) >= 11 is 0. The molecule has 1 amide bonds. The Morgan fingerprint density at radius 1 is 1.41 bits per heavy atom. The van der Waals surface area contributed by atoms with Crippen molar-refractivity contribution in [3.8, 4) is 0 Å². The van der Waals surface area contributed by atoms with Crippen LogP contribution in [0.1, 0.15) is 17.5 Å². The molecule has 118 valence electrons. The van der Waals surface area contributed by atoms with Crippen molar-refractivity contribution in [1.29, 1.82) is 0 Å². The van der Waals surface area contributed by atoms with Gasteiger partial charge < -0.3 is 4.90 Å². The summed E-state index contributed by atoms with van der Waals surface area (Å²) in [5, 5.41) is 3.46. The Bertz CT molecular complexity index is 596. The molecule has 0 N–H and O–H groups in total. The molecule has 1 fully saturated rings. The molecule has 1 aliphatic heterocycles. The smallest absolute Gasteiger partial charge is 0.342 e. The number of carbonyl (C=O) groups excluding carboxylic acids is 1. The van der Waals surface area contributed by atoms with Crippen molar-refractivity contribution >= 4 is 5.91 Å². The summed E-state index contributed by atoms with van der Waals surface area (Å²) < 4.78 is 37.9. The first-order chi connectivity index (χ1) is 10.4. The lowest BCUT2D eigenvalue weighted by Gasteiger charge is -2.16. The van der Waals surface area contributed by atoms with E-state index in [2.05, 4.69) is 10.0 Å². The predicted molar refractivity (Wildman–Crippen MR) is 73.8 cm³/mol. The highest BCUT2D eigenvalue weighted by atomic mass is 19.4. The summed E-state index contributed by atoms with van der Waals surface area (Å²) in [6, 6.07) is 5.13. The van der Waals surface area contributed by atoms with Gasteiger partial charge in [-0.05, 0) is 29.5 Å². The van der Waals surface area contributed by atoms with Crippen molar-refractivity contribution in [2.45, 2.75) is 19.0 Å². The number of nitrogens with zero attached hydrogens (tertiary/aromatic N) is 4. The van der Waals surface area contributed by atoms with E-state index in [1.54, 1.807) is 11.0 Å². The number of benzene rings is 1. The molecule has 2 rings (SSSR count). The molecule has 8 heteroatoms. The summed E-state index contributed by atoms with van der Waals surface area (Å²) in [7, 11) is 0. The fourth-order valence-electron chi connectivity index (χ4n) is 2.51. The zero-order valence-corrected chi connectivity index (χ0v) is 11.8. The Labute approximate surface area is 125 Å². The first kappa shape index (κ1) is 16.2.